The first-order valence-corrected chi connectivity index (χ1v) is 9.00. The Balaban J connectivity index is 1.98. The number of piperidine rings is 1. The molecule has 1 aromatic rings. The molecule has 4 nitrogen and oxygen atoms in total. The zero-order chi connectivity index (χ0) is 17.5. The maximum atomic E-state index is 14.4. The van der Waals surface area contributed by atoms with Crippen molar-refractivity contribution in [2.24, 2.45) is 0 Å². The molecule has 0 aromatic heterocycles. The second-order valence-electron chi connectivity index (χ2n) is 6.72. The van der Waals surface area contributed by atoms with Crippen molar-refractivity contribution in [2.75, 3.05) is 26.3 Å². The van der Waals surface area contributed by atoms with Gasteiger partial charge in [-0.05, 0) is 49.8 Å². The predicted molar refractivity (Wildman–Crippen MR) is 92.9 cm³/mol. The van der Waals surface area contributed by atoms with Crippen LogP contribution in [0.1, 0.15) is 43.7 Å². The molecule has 0 spiro atoms. The van der Waals surface area contributed by atoms with Crippen molar-refractivity contribution >= 4 is 0 Å². The third kappa shape index (κ3) is 5.16. The summed E-state index contributed by atoms with van der Waals surface area (Å²) in [7, 11) is 0. The van der Waals surface area contributed by atoms with Gasteiger partial charge in [0.25, 0.3) is 0 Å². The largest absolute Gasteiger partial charge is 0.493 e. The van der Waals surface area contributed by atoms with E-state index in [9.17, 15) is 14.6 Å². The van der Waals surface area contributed by atoms with Crippen LogP contribution in [0.3, 0.4) is 0 Å². The number of β-amino-alcohol motifs (C(OH)–C–C–N with tert-alkyl or cyclic N) is 1. The lowest BCUT2D eigenvalue weighted by molar-refractivity contribution is 0.0146. The summed E-state index contributed by atoms with van der Waals surface area (Å²) in [6.07, 6.45) is 3.72. The Morgan fingerprint density at radius 1 is 1.33 bits per heavy atom. The standard InChI is InChI=1S/C19H30FNO3/c1-3-4-9-24-17-10-14(2)18(19(20)11-17)7-8-21-12-16(23)6-5-15(21)13-22/h10-11,15-16,22-23H,3-9,12-13H2,1-2H3/t15-,16-/m1/s1. The van der Waals surface area contributed by atoms with E-state index in [1.807, 2.05) is 13.0 Å². The van der Waals surface area contributed by atoms with Gasteiger partial charge in [0, 0.05) is 25.2 Å². The van der Waals surface area contributed by atoms with Crippen LogP contribution in [0.2, 0.25) is 0 Å². The molecule has 0 aliphatic carbocycles. The third-order valence-electron chi connectivity index (χ3n) is 4.81. The molecule has 2 rings (SSSR count). The van der Waals surface area contributed by atoms with Crippen molar-refractivity contribution in [2.45, 2.75) is 58.1 Å². The number of halogens is 1. The minimum absolute atomic E-state index is 0.0633. The van der Waals surface area contributed by atoms with Gasteiger partial charge in [-0.25, -0.2) is 4.39 Å². The average molecular weight is 339 g/mol. The molecule has 0 bridgehead atoms. The fourth-order valence-electron chi connectivity index (χ4n) is 3.29. The number of hydrogen-bond donors (Lipinski definition) is 2. The van der Waals surface area contributed by atoms with Crippen LogP contribution in [0.5, 0.6) is 5.75 Å². The summed E-state index contributed by atoms with van der Waals surface area (Å²) in [5.74, 6) is 0.350. The first-order chi connectivity index (χ1) is 11.5. The monoisotopic (exact) mass is 339 g/mol. The number of nitrogens with zero attached hydrogens (tertiary/aromatic N) is 1. The lowest BCUT2D eigenvalue weighted by Crippen LogP contribution is -2.48. The second kappa shape index (κ2) is 9.35. The van der Waals surface area contributed by atoms with Gasteiger partial charge in [0.15, 0.2) is 0 Å². The molecule has 136 valence electrons. The van der Waals surface area contributed by atoms with Gasteiger partial charge in [0.2, 0.25) is 0 Å². The zero-order valence-corrected chi connectivity index (χ0v) is 14.8. The topological polar surface area (TPSA) is 52.9 Å². The smallest absolute Gasteiger partial charge is 0.130 e. The molecule has 1 fully saturated rings. The molecular weight excluding hydrogens is 309 g/mol. The van der Waals surface area contributed by atoms with Crippen LogP contribution in [0.4, 0.5) is 4.39 Å². The number of unbranched alkanes of at least 4 members (excludes halogenated alkanes) is 1. The van der Waals surface area contributed by atoms with E-state index < -0.39 is 0 Å². The summed E-state index contributed by atoms with van der Waals surface area (Å²) in [6.45, 7) is 5.87. The minimum atomic E-state index is -0.354. The normalized spacial score (nSPS) is 21.9. The molecule has 0 unspecified atom stereocenters. The molecule has 1 heterocycles. The van der Waals surface area contributed by atoms with E-state index in [-0.39, 0.29) is 24.6 Å². The van der Waals surface area contributed by atoms with E-state index in [1.165, 1.54) is 6.07 Å². The molecule has 1 aliphatic heterocycles. The van der Waals surface area contributed by atoms with Crippen LogP contribution in [0, 0.1) is 12.7 Å². The Labute approximate surface area is 144 Å². The van der Waals surface area contributed by atoms with Crippen LogP contribution in [0.25, 0.3) is 0 Å². The molecule has 1 aliphatic rings. The second-order valence-corrected chi connectivity index (χ2v) is 6.72. The molecule has 2 atom stereocenters. The van der Waals surface area contributed by atoms with Crippen LogP contribution in [0.15, 0.2) is 12.1 Å². The minimum Gasteiger partial charge on any atom is -0.493 e. The fourth-order valence-corrected chi connectivity index (χ4v) is 3.29. The van der Waals surface area contributed by atoms with Gasteiger partial charge in [0.1, 0.15) is 11.6 Å². The average Bonchev–Trinajstić information content (AvgIpc) is 2.54. The van der Waals surface area contributed by atoms with Crippen molar-refractivity contribution in [1.82, 2.24) is 4.90 Å². The van der Waals surface area contributed by atoms with E-state index in [1.54, 1.807) is 0 Å². The molecular formula is C19H30FNO3. The van der Waals surface area contributed by atoms with Gasteiger partial charge >= 0.3 is 0 Å². The summed E-state index contributed by atoms with van der Waals surface area (Å²) in [5.41, 5.74) is 1.58. The van der Waals surface area contributed by atoms with Crippen LogP contribution < -0.4 is 4.74 Å². The number of aryl methyl sites for hydroxylation is 1. The Morgan fingerprint density at radius 2 is 2.12 bits per heavy atom. The van der Waals surface area contributed by atoms with Gasteiger partial charge in [-0.3, -0.25) is 4.90 Å². The number of hydrogen-bond acceptors (Lipinski definition) is 4. The van der Waals surface area contributed by atoms with Crippen molar-refractivity contribution < 1.29 is 19.3 Å². The van der Waals surface area contributed by atoms with E-state index in [0.29, 0.717) is 37.4 Å². The van der Waals surface area contributed by atoms with E-state index >= 15 is 0 Å². The Kier molecular flexibility index (Phi) is 7.46. The summed E-state index contributed by atoms with van der Waals surface area (Å²) in [4.78, 5) is 2.07. The van der Waals surface area contributed by atoms with Gasteiger partial charge in [-0.15, -0.1) is 0 Å². The SMILES string of the molecule is CCCCOc1cc(C)c(CCN2C[C@H](O)CC[C@@H]2CO)c(F)c1. The summed E-state index contributed by atoms with van der Waals surface area (Å²) in [5, 5.41) is 19.3. The van der Waals surface area contributed by atoms with E-state index in [2.05, 4.69) is 11.8 Å². The molecule has 1 saturated heterocycles. The third-order valence-corrected chi connectivity index (χ3v) is 4.81. The van der Waals surface area contributed by atoms with Crippen LogP contribution >= 0.6 is 0 Å². The highest BCUT2D eigenvalue weighted by Gasteiger charge is 2.26. The highest BCUT2D eigenvalue weighted by Crippen LogP contribution is 2.24. The van der Waals surface area contributed by atoms with Crippen LogP contribution in [-0.2, 0) is 6.42 Å². The van der Waals surface area contributed by atoms with Crippen molar-refractivity contribution in [3.63, 3.8) is 0 Å². The van der Waals surface area contributed by atoms with Crippen molar-refractivity contribution in [3.8, 4) is 5.75 Å². The lowest BCUT2D eigenvalue weighted by atomic mass is 9.98. The van der Waals surface area contributed by atoms with E-state index in [0.717, 1.165) is 31.2 Å². The number of aliphatic hydroxyl groups is 2. The maximum absolute atomic E-state index is 14.4. The van der Waals surface area contributed by atoms with Gasteiger partial charge in [-0.1, -0.05) is 13.3 Å². The first-order valence-electron chi connectivity index (χ1n) is 9.00. The highest BCUT2D eigenvalue weighted by atomic mass is 19.1. The summed E-state index contributed by atoms with van der Waals surface area (Å²) < 4.78 is 20.0. The lowest BCUT2D eigenvalue weighted by Gasteiger charge is -2.37. The molecule has 0 saturated carbocycles. The van der Waals surface area contributed by atoms with E-state index in [4.69, 9.17) is 4.74 Å². The number of likely N-dealkylation sites (tertiary alicyclic amines) is 1. The first kappa shape index (κ1) is 19.2. The molecule has 1 aromatic carbocycles. The zero-order valence-electron chi connectivity index (χ0n) is 14.8. The van der Waals surface area contributed by atoms with Crippen LogP contribution in [-0.4, -0.2) is 53.6 Å². The quantitative estimate of drug-likeness (QED) is 0.715. The molecule has 5 heteroatoms. The highest BCUT2D eigenvalue weighted by molar-refractivity contribution is 5.36. The number of aliphatic hydroxyl groups excluding tert-OH is 2. The molecule has 0 radical (unpaired) electrons. The van der Waals surface area contributed by atoms with Gasteiger partial charge in [-0.2, -0.15) is 0 Å². The number of rotatable bonds is 8. The maximum Gasteiger partial charge on any atom is 0.130 e. The summed E-state index contributed by atoms with van der Waals surface area (Å²) in [6, 6.07) is 3.42. The Bertz CT molecular complexity index is 500. The number of ether oxygens (including phenoxy) is 1. The molecule has 0 amide bonds. The van der Waals surface area contributed by atoms with Gasteiger partial charge < -0.3 is 14.9 Å². The number of benzene rings is 1. The molecule has 24 heavy (non-hydrogen) atoms. The molecule has 2 N–H and O–H groups in total. The Hall–Kier alpha value is -1.17. The summed E-state index contributed by atoms with van der Waals surface area (Å²) >= 11 is 0. The predicted octanol–water partition coefficient (Wildman–Crippen LogP) is 2.67. The Morgan fingerprint density at radius 3 is 2.79 bits per heavy atom. The van der Waals surface area contributed by atoms with Crippen molar-refractivity contribution in [3.05, 3.63) is 29.1 Å². The van der Waals surface area contributed by atoms with Crippen molar-refractivity contribution in [1.29, 1.82) is 0 Å². The fraction of sp³-hybridized carbons (Fsp3) is 0.684. The van der Waals surface area contributed by atoms with Gasteiger partial charge in [0.05, 0.1) is 19.3 Å².